The summed E-state index contributed by atoms with van der Waals surface area (Å²) in [5.41, 5.74) is 0.953. The van der Waals surface area contributed by atoms with Crippen LogP contribution in [0.15, 0.2) is 52.9 Å². The smallest absolute Gasteiger partial charge is 0.198 e. The van der Waals surface area contributed by atoms with E-state index in [0.717, 1.165) is 0 Å². The van der Waals surface area contributed by atoms with Crippen molar-refractivity contribution in [3.63, 3.8) is 0 Å². The van der Waals surface area contributed by atoms with Crippen molar-refractivity contribution in [2.24, 2.45) is 0 Å². The fourth-order valence-corrected chi connectivity index (χ4v) is 2.97. The van der Waals surface area contributed by atoms with Crippen LogP contribution in [-0.4, -0.2) is 23.0 Å². The molecule has 1 aliphatic rings. The molecular weight excluding hydrogens is 308 g/mol. The van der Waals surface area contributed by atoms with E-state index in [-0.39, 0.29) is 45.3 Å². The summed E-state index contributed by atoms with van der Waals surface area (Å²) >= 11 is 0. The molecule has 24 heavy (non-hydrogen) atoms. The van der Waals surface area contributed by atoms with Gasteiger partial charge < -0.3 is 9.52 Å². The molecule has 1 N–H and O–H groups in total. The first kappa shape index (κ1) is 14.1. The van der Waals surface area contributed by atoms with Gasteiger partial charge in [0.1, 0.15) is 11.5 Å². The number of carbonyl (C=O) groups is 3. The summed E-state index contributed by atoms with van der Waals surface area (Å²) in [7, 11) is 0. The van der Waals surface area contributed by atoms with Gasteiger partial charge in [-0.1, -0.05) is 24.3 Å². The van der Waals surface area contributed by atoms with Crippen molar-refractivity contribution >= 4 is 17.9 Å². The summed E-state index contributed by atoms with van der Waals surface area (Å²) < 4.78 is 5.38. The Labute approximate surface area is 136 Å². The lowest BCUT2D eigenvalue weighted by molar-refractivity contribution is 0.0977. The third kappa shape index (κ3) is 1.85. The second-order valence-electron chi connectivity index (χ2n) is 5.41. The van der Waals surface area contributed by atoms with Gasteiger partial charge in [0.2, 0.25) is 0 Å². The van der Waals surface area contributed by atoms with Gasteiger partial charge in [-0.25, -0.2) is 0 Å². The van der Waals surface area contributed by atoms with E-state index in [2.05, 4.69) is 0 Å². The number of aldehydes is 1. The largest absolute Gasteiger partial charge is 0.507 e. The Bertz CT molecular complexity index is 1030. The Morgan fingerprint density at radius 1 is 0.792 bits per heavy atom. The van der Waals surface area contributed by atoms with Crippen LogP contribution in [0.2, 0.25) is 0 Å². The van der Waals surface area contributed by atoms with Crippen LogP contribution in [0.25, 0.3) is 11.3 Å². The van der Waals surface area contributed by atoms with Crippen molar-refractivity contribution in [2.45, 2.75) is 0 Å². The van der Waals surface area contributed by atoms with Crippen LogP contribution in [0.4, 0.5) is 0 Å². The number of benzene rings is 2. The molecular formula is C19H10O5. The molecule has 1 heterocycles. The molecule has 0 saturated heterocycles. The lowest BCUT2D eigenvalue weighted by atomic mass is 9.81. The Kier molecular flexibility index (Phi) is 2.96. The zero-order valence-electron chi connectivity index (χ0n) is 12.3. The minimum absolute atomic E-state index is 0.0414. The normalized spacial score (nSPS) is 12.7. The highest BCUT2D eigenvalue weighted by Crippen LogP contribution is 2.39. The van der Waals surface area contributed by atoms with E-state index in [1.807, 2.05) is 0 Å². The van der Waals surface area contributed by atoms with E-state index < -0.39 is 5.78 Å². The van der Waals surface area contributed by atoms with E-state index >= 15 is 0 Å². The molecule has 0 unspecified atom stereocenters. The lowest BCUT2D eigenvalue weighted by Gasteiger charge is -2.20. The van der Waals surface area contributed by atoms with Gasteiger partial charge >= 0.3 is 0 Å². The number of furan rings is 1. The molecule has 0 bridgehead atoms. The van der Waals surface area contributed by atoms with E-state index in [4.69, 9.17) is 4.42 Å². The Balaban J connectivity index is 2.03. The molecule has 1 aromatic heterocycles. The quantitative estimate of drug-likeness (QED) is 0.574. The van der Waals surface area contributed by atoms with Gasteiger partial charge in [0.25, 0.3) is 0 Å². The van der Waals surface area contributed by atoms with Crippen molar-refractivity contribution < 1.29 is 23.9 Å². The number of carbonyl (C=O) groups excluding carboxylic acids is 3. The Morgan fingerprint density at radius 3 is 2.08 bits per heavy atom. The lowest BCUT2D eigenvalue weighted by Crippen LogP contribution is -2.21. The van der Waals surface area contributed by atoms with Crippen molar-refractivity contribution in [1.29, 1.82) is 0 Å². The second kappa shape index (κ2) is 5.03. The summed E-state index contributed by atoms with van der Waals surface area (Å²) in [6.07, 6.45) is 0.554. The average molecular weight is 318 g/mol. The Hall–Kier alpha value is -3.47. The number of aromatic hydroxyl groups is 1. The van der Waals surface area contributed by atoms with Crippen LogP contribution in [-0.2, 0) is 0 Å². The highest BCUT2D eigenvalue weighted by atomic mass is 16.3. The van der Waals surface area contributed by atoms with Gasteiger partial charge in [0.15, 0.2) is 23.6 Å². The minimum Gasteiger partial charge on any atom is -0.507 e. The minimum atomic E-state index is -0.415. The van der Waals surface area contributed by atoms with E-state index in [1.165, 1.54) is 18.2 Å². The van der Waals surface area contributed by atoms with Crippen molar-refractivity contribution in [3.8, 4) is 17.1 Å². The van der Waals surface area contributed by atoms with Crippen LogP contribution in [0.1, 0.15) is 42.4 Å². The van der Waals surface area contributed by atoms with Crippen molar-refractivity contribution in [3.05, 3.63) is 76.5 Å². The molecule has 0 fully saturated rings. The first-order valence-electron chi connectivity index (χ1n) is 7.21. The molecule has 3 aromatic rings. The van der Waals surface area contributed by atoms with Gasteiger partial charge in [-0.2, -0.15) is 0 Å². The predicted octanol–water partition coefficient (Wildman–Crippen LogP) is 3.24. The molecule has 0 radical (unpaired) electrons. The zero-order valence-corrected chi connectivity index (χ0v) is 12.3. The summed E-state index contributed by atoms with van der Waals surface area (Å²) in [5.74, 6) is -0.642. The number of fused-ring (bicyclic) bond motifs is 2. The molecule has 5 heteroatoms. The molecule has 0 aliphatic heterocycles. The van der Waals surface area contributed by atoms with Crippen LogP contribution in [0.5, 0.6) is 5.75 Å². The first-order valence-corrected chi connectivity index (χ1v) is 7.21. The van der Waals surface area contributed by atoms with Crippen molar-refractivity contribution in [2.75, 3.05) is 0 Å². The maximum atomic E-state index is 12.9. The van der Waals surface area contributed by atoms with Crippen LogP contribution >= 0.6 is 0 Å². The van der Waals surface area contributed by atoms with Crippen LogP contribution in [0, 0.1) is 0 Å². The van der Waals surface area contributed by atoms with E-state index in [1.54, 1.807) is 30.3 Å². The fourth-order valence-electron chi connectivity index (χ4n) is 2.97. The third-order valence-electron chi connectivity index (χ3n) is 4.06. The molecule has 0 atom stereocenters. The number of phenols is 1. The maximum Gasteiger partial charge on any atom is 0.198 e. The molecule has 1 aliphatic carbocycles. The van der Waals surface area contributed by atoms with Gasteiger partial charge in [0, 0.05) is 22.3 Å². The van der Waals surface area contributed by atoms with Crippen LogP contribution in [0.3, 0.4) is 0 Å². The standard InChI is InChI=1S/C19H10O5/c20-9-10-5-8-15(24-10)13-6-7-14(21)17-16(13)18(22)11-3-1-2-4-12(11)19(17)23/h1-9,21H. The Morgan fingerprint density at radius 2 is 1.46 bits per heavy atom. The number of hydrogen-bond acceptors (Lipinski definition) is 5. The number of phenolic OH excluding ortho intramolecular Hbond substituents is 1. The molecule has 2 aromatic carbocycles. The summed E-state index contributed by atoms with van der Waals surface area (Å²) in [6.45, 7) is 0. The number of rotatable bonds is 2. The molecule has 5 nitrogen and oxygen atoms in total. The average Bonchev–Trinajstić information content (AvgIpc) is 3.08. The second-order valence-corrected chi connectivity index (χ2v) is 5.41. The first-order chi connectivity index (χ1) is 11.6. The van der Waals surface area contributed by atoms with Gasteiger partial charge in [-0.15, -0.1) is 0 Å². The maximum absolute atomic E-state index is 12.9. The third-order valence-corrected chi connectivity index (χ3v) is 4.06. The zero-order chi connectivity index (χ0) is 16.8. The number of hydrogen-bond donors (Lipinski definition) is 1. The number of ketones is 2. The van der Waals surface area contributed by atoms with Gasteiger partial charge in [0.05, 0.1) is 5.56 Å². The van der Waals surface area contributed by atoms with Gasteiger partial charge in [-0.3, -0.25) is 14.4 Å². The summed E-state index contributed by atoms with van der Waals surface area (Å²) in [5, 5.41) is 10.1. The summed E-state index contributed by atoms with van der Waals surface area (Å²) in [4.78, 5) is 36.4. The predicted molar refractivity (Wildman–Crippen MR) is 84.5 cm³/mol. The highest BCUT2D eigenvalue weighted by molar-refractivity contribution is 6.31. The molecule has 0 saturated carbocycles. The molecule has 0 spiro atoms. The van der Waals surface area contributed by atoms with E-state index in [9.17, 15) is 19.5 Å². The molecule has 0 amide bonds. The van der Waals surface area contributed by atoms with Crippen LogP contribution < -0.4 is 0 Å². The topological polar surface area (TPSA) is 84.6 Å². The van der Waals surface area contributed by atoms with Gasteiger partial charge in [-0.05, 0) is 24.3 Å². The summed E-state index contributed by atoms with van der Waals surface area (Å²) in [6, 6.07) is 12.3. The van der Waals surface area contributed by atoms with E-state index in [0.29, 0.717) is 11.8 Å². The monoisotopic (exact) mass is 318 g/mol. The molecule has 116 valence electrons. The highest BCUT2D eigenvalue weighted by Gasteiger charge is 2.34. The molecule has 4 rings (SSSR count). The van der Waals surface area contributed by atoms with Crippen molar-refractivity contribution in [1.82, 2.24) is 0 Å². The SMILES string of the molecule is O=Cc1ccc(-c2ccc(O)c3c2C(=O)c2ccccc2C3=O)o1. The fraction of sp³-hybridized carbons (Fsp3) is 0.